The maximum absolute atomic E-state index is 13.3. The molecule has 1 unspecified atom stereocenters. The molecular formula is C27H24N2O5. The number of benzene rings is 3. The summed E-state index contributed by atoms with van der Waals surface area (Å²) in [5, 5.41) is 11.4. The van der Waals surface area contributed by atoms with Crippen LogP contribution in [0.4, 0.5) is 11.4 Å². The highest BCUT2D eigenvalue weighted by atomic mass is 16.5. The van der Waals surface area contributed by atoms with Gasteiger partial charge in [-0.15, -0.1) is 0 Å². The van der Waals surface area contributed by atoms with Gasteiger partial charge in [0.25, 0.3) is 11.7 Å². The zero-order chi connectivity index (χ0) is 23.8. The number of aliphatic hydroxyl groups excluding tert-OH is 1. The average Bonchev–Trinajstić information content (AvgIpc) is 3.14. The molecule has 0 spiro atoms. The number of carbonyl (C=O) groups excluding carboxylic acids is 2. The monoisotopic (exact) mass is 456 g/mol. The Morgan fingerprint density at radius 1 is 1.03 bits per heavy atom. The van der Waals surface area contributed by atoms with Crippen LogP contribution in [-0.2, 0) is 9.59 Å². The number of para-hydroxylation sites is 1. The first kappa shape index (κ1) is 21.6. The van der Waals surface area contributed by atoms with E-state index in [2.05, 4.69) is 0 Å². The Bertz CT molecular complexity index is 1300. The zero-order valence-electron chi connectivity index (χ0n) is 18.9. The standard InChI is InChI=1S/C27H24N2O5/c1-28-13-14-34-22-12-11-18(16-21(22)28)25(30)23-24(17-7-6-10-20(15-17)33-2)29(27(32)26(23)31)19-8-4-3-5-9-19/h3-12,15-16,24,30H,13-14H2,1-2H3/b25-23-. The van der Waals surface area contributed by atoms with E-state index in [1.165, 1.54) is 4.90 Å². The number of anilines is 2. The van der Waals surface area contributed by atoms with Gasteiger partial charge in [-0.3, -0.25) is 14.5 Å². The molecule has 2 aliphatic rings. The van der Waals surface area contributed by atoms with E-state index < -0.39 is 17.7 Å². The summed E-state index contributed by atoms with van der Waals surface area (Å²) in [6.07, 6.45) is 0. The number of hydrogen-bond acceptors (Lipinski definition) is 6. The lowest BCUT2D eigenvalue weighted by Crippen LogP contribution is -2.29. The number of aliphatic hydroxyl groups is 1. The van der Waals surface area contributed by atoms with Crippen LogP contribution in [0.1, 0.15) is 17.2 Å². The van der Waals surface area contributed by atoms with Crippen molar-refractivity contribution in [2.24, 2.45) is 0 Å². The summed E-state index contributed by atoms with van der Waals surface area (Å²) in [6.45, 7) is 1.28. The number of rotatable bonds is 4. The van der Waals surface area contributed by atoms with E-state index in [9.17, 15) is 14.7 Å². The van der Waals surface area contributed by atoms with Crippen LogP contribution in [-0.4, -0.2) is 44.1 Å². The molecule has 34 heavy (non-hydrogen) atoms. The third-order valence-corrected chi connectivity index (χ3v) is 6.22. The lowest BCUT2D eigenvalue weighted by atomic mass is 9.94. The van der Waals surface area contributed by atoms with Crippen molar-refractivity contribution in [2.45, 2.75) is 6.04 Å². The number of hydrogen-bond donors (Lipinski definition) is 1. The molecule has 2 heterocycles. The first-order chi connectivity index (χ1) is 16.5. The summed E-state index contributed by atoms with van der Waals surface area (Å²) in [6, 6.07) is 20.6. The Kier molecular flexibility index (Phi) is 5.45. The molecule has 1 amide bonds. The summed E-state index contributed by atoms with van der Waals surface area (Å²) in [7, 11) is 3.49. The minimum atomic E-state index is -0.817. The van der Waals surface area contributed by atoms with Gasteiger partial charge < -0.3 is 19.5 Å². The Morgan fingerprint density at radius 3 is 2.59 bits per heavy atom. The molecule has 2 aliphatic heterocycles. The van der Waals surface area contributed by atoms with E-state index >= 15 is 0 Å². The molecule has 3 aromatic rings. The van der Waals surface area contributed by atoms with E-state index in [1.54, 1.807) is 67.8 Å². The van der Waals surface area contributed by atoms with Gasteiger partial charge in [-0.2, -0.15) is 0 Å². The molecule has 3 aromatic carbocycles. The first-order valence-electron chi connectivity index (χ1n) is 11.0. The number of fused-ring (bicyclic) bond motifs is 1. The van der Waals surface area contributed by atoms with Crippen LogP contribution in [0.25, 0.3) is 5.76 Å². The van der Waals surface area contributed by atoms with E-state index in [-0.39, 0.29) is 11.3 Å². The SMILES string of the molecule is COc1cccc(C2/C(=C(/O)c3ccc4c(c3)N(C)CCO4)C(=O)C(=O)N2c2ccccc2)c1. The molecule has 172 valence electrons. The average molecular weight is 456 g/mol. The fourth-order valence-corrected chi connectivity index (χ4v) is 4.47. The molecule has 1 saturated heterocycles. The quantitative estimate of drug-likeness (QED) is 0.361. The Morgan fingerprint density at radius 2 is 1.82 bits per heavy atom. The molecule has 1 fully saturated rings. The van der Waals surface area contributed by atoms with Gasteiger partial charge in [0.05, 0.1) is 31.0 Å². The van der Waals surface area contributed by atoms with Gasteiger partial charge in [-0.1, -0.05) is 30.3 Å². The van der Waals surface area contributed by atoms with Gasteiger partial charge in [-0.05, 0) is 48.0 Å². The largest absolute Gasteiger partial charge is 0.507 e. The third kappa shape index (κ3) is 3.55. The number of amides is 1. The Hall–Kier alpha value is -4.26. The van der Waals surface area contributed by atoms with Gasteiger partial charge in [-0.25, -0.2) is 0 Å². The summed E-state index contributed by atoms with van der Waals surface area (Å²) >= 11 is 0. The fourth-order valence-electron chi connectivity index (χ4n) is 4.47. The first-order valence-corrected chi connectivity index (χ1v) is 11.0. The summed E-state index contributed by atoms with van der Waals surface area (Å²) in [5.41, 5.74) is 2.50. The predicted molar refractivity (Wildman–Crippen MR) is 129 cm³/mol. The number of ketones is 1. The molecule has 0 bridgehead atoms. The number of carbonyl (C=O) groups is 2. The molecule has 0 radical (unpaired) electrons. The van der Waals surface area contributed by atoms with Gasteiger partial charge in [0, 0.05) is 18.3 Å². The van der Waals surface area contributed by atoms with Crippen molar-refractivity contribution in [1.29, 1.82) is 0 Å². The Labute approximate surface area is 197 Å². The van der Waals surface area contributed by atoms with Gasteiger partial charge in [0.1, 0.15) is 23.9 Å². The molecular weight excluding hydrogens is 432 g/mol. The van der Waals surface area contributed by atoms with Crippen LogP contribution in [0.2, 0.25) is 0 Å². The third-order valence-electron chi connectivity index (χ3n) is 6.22. The second-order valence-corrected chi connectivity index (χ2v) is 8.23. The van der Waals surface area contributed by atoms with Crippen LogP contribution in [0, 0.1) is 0 Å². The molecule has 0 aliphatic carbocycles. The smallest absolute Gasteiger partial charge is 0.300 e. The molecule has 1 N–H and O–H groups in total. The van der Waals surface area contributed by atoms with Crippen molar-refractivity contribution in [3.05, 3.63) is 89.5 Å². The summed E-state index contributed by atoms with van der Waals surface area (Å²) in [4.78, 5) is 30.0. The molecule has 0 saturated carbocycles. The number of methoxy groups -OCH3 is 1. The van der Waals surface area contributed by atoms with Crippen molar-refractivity contribution >= 4 is 28.8 Å². The molecule has 1 atom stereocenters. The van der Waals surface area contributed by atoms with Crippen LogP contribution >= 0.6 is 0 Å². The maximum atomic E-state index is 13.3. The predicted octanol–water partition coefficient (Wildman–Crippen LogP) is 4.15. The van der Waals surface area contributed by atoms with Gasteiger partial charge in [0.2, 0.25) is 0 Å². The summed E-state index contributed by atoms with van der Waals surface area (Å²) in [5.74, 6) is -0.370. The maximum Gasteiger partial charge on any atom is 0.300 e. The fraction of sp³-hybridized carbons (Fsp3) is 0.185. The number of ether oxygens (including phenoxy) is 2. The van der Waals surface area contributed by atoms with Crippen LogP contribution < -0.4 is 19.3 Å². The highest BCUT2D eigenvalue weighted by molar-refractivity contribution is 6.51. The van der Waals surface area contributed by atoms with Crippen molar-refractivity contribution in [2.75, 3.05) is 37.1 Å². The molecule has 7 heteroatoms. The number of likely N-dealkylation sites (N-methyl/N-ethyl adjacent to an activating group) is 1. The van der Waals surface area contributed by atoms with E-state index in [0.29, 0.717) is 41.5 Å². The molecule has 5 rings (SSSR count). The molecule has 7 nitrogen and oxygen atoms in total. The minimum Gasteiger partial charge on any atom is -0.507 e. The van der Waals surface area contributed by atoms with E-state index in [4.69, 9.17) is 9.47 Å². The highest BCUT2D eigenvalue weighted by Crippen LogP contribution is 2.43. The lowest BCUT2D eigenvalue weighted by Gasteiger charge is -2.28. The van der Waals surface area contributed by atoms with Gasteiger partial charge in [0.15, 0.2) is 0 Å². The summed E-state index contributed by atoms with van der Waals surface area (Å²) < 4.78 is 11.1. The van der Waals surface area contributed by atoms with Crippen molar-refractivity contribution in [1.82, 2.24) is 0 Å². The highest BCUT2D eigenvalue weighted by Gasteiger charge is 2.47. The number of nitrogens with zero attached hydrogens (tertiary/aromatic N) is 2. The second kappa shape index (κ2) is 8.59. The van der Waals surface area contributed by atoms with Crippen molar-refractivity contribution < 1.29 is 24.2 Å². The second-order valence-electron chi connectivity index (χ2n) is 8.23. The van der Waals surface area contributed by atoms with E-state index in [0.717, 1.165) is 5.69 Å². The van der Waals surface area contributed by atoms with E-state index in [1.807, 2.05) is 24.1 Å². The van der Waals surface area contributed by atoms with Crippen molar-refractivity contribution in [3.63, 3.8) is 0 Å². The zero-order valence-corrected chi connectivity index (χ0v) is 18.9. The van der Waals surface area contributed by atoms with Crippen LogP contribution in [0.3, 0.4) is 0 Å². The molecule has 0 aromatic heterocycles. The van der Waals surface area contributed by atoms with Crippen LogP contribution in [0.15, 0.2) is 78.4 Å². The Balaban J connectivity index is 1.70. The van der Waals surface area contributed by atoms with Crippen molar-refractivity contribution in [3.8, 4) is 11.5 Å². The number of Topliss-reactive ketones (excluding diaryl/α,β-unsaturated/α-hetero) is 1. The van der Waals surface area contributed by atoms with Gasteiger partial charge >= 0.3 is 0 Å². The normalized spacial score (nSPS) is 19.1. The van der Waals surface area contributed by atoms with Crippen LogP contribution in [0.5, 0.6) is 11.5 Å². The topological polar surface area (TPSA) is 79.3 Å². The minimum absolute atomic E-state index is 0.0291. The lowest BCUT2D eigenvalue weighted by molar-refractivity contribution is -0.132.